The summed E-state index contributed by atoms with van der Waals surface area (Å²) >= 11 is 11.8. The zero-order valence-electron chi connectivity index (χ0n) is 13.7. The molecule has 0 aromatic heterocycles. The van der Waals surface area contributed by atoms with Crippen molar-refractivity contribution in [3.05, 3.63) is 69.7 Å². The molecule has 0 unspecified atom stereocenters. The molecule has 1 atom stereocenters. The second kappa shape index (κ2) is 8.34. The number of hydrogen-bond acceptors (Lipinski definition) is 2. The lowest BCUT2D eigenvalue weighted by molar-refractivity contribution is 0.472. The van der Waals surface area contributed by atoms with E-state index in [0.29, 0.717) is 21.5 Å². The van der Waals surface area contributed by atoms with Gasteiger partial charge in [-0.3, -0.25) is 0 Å². The van der Waals surface area contributed by atoms with E-state index in [1.54, 1.807) is 18.2 Å². The highest BCUT2D eigenvalue weighted by Crippen LogP contribution is 2.25. The first kappa shape index (κ1) is 19.3. The summed E-state index contributed by atoms with van der Waals surface area (Å²) in [6.07, 6.45) is 0.727. The van der Waals surface area contributed by atoms with Gasteiger partial charge in [-0.25, -0.2) is 13.1 Å². The summed E-state index contributed by atoms with van der Waals surface area (Å²) in [5.74, 6) is 0.230. The highest BCUT2D eigenvalue weighted by molar-refractivity contribution is 7.88. The maximum atomic E-state index is 12.6. The highest BCUT2D eigenvalue weighted by atomic mass is 35.5. The van der Waals surface area contributed by atoms with Crippen molar-refractivity contribution >= 4 is 33.2 Å². The van der Waals surface area contributed by atoms with Crippen molar-refractivity contribution in [1.29, 1.82) is 0 Å². The topological polar surface area (TPSA) is 46.2 Å². The number of halogens is 2. The van der Waals surface area contributed by atoms with E-state index in [2.05, 4.69) is 18.6 Å². The minimum atomic E-state index is -3.51. The summed E-state index contributed by atoms with van der Waals surface area (Å²) in [6.45, 7) is 4.15. The van der Waals surface area contributed by atoms with Crippen LogP contribution >= 0.6 is 23.2 Å². The van der Waals surface area contributed by atoms with Gasteiger partial charge in [-0.15, -0.1) is 0 Å². The van der Waals surface area contributed by atoms with Crippen molar-refractivity contribution in [2.75, 3.05) is 0 Å². The van der Waals surface area contributed by atoms with Gasteiger partial charge in [0.15, 0.2) is 0 Å². The summed E-state index contributed by atoms with van der Waals surface area (Å²) in [5, 5.41) is 0.763. The van der Waals surface area contributed by atoms with Crippen molar-refractivity contribution in [3.8, 4) is 0 Å². The molecule has 130 valence electrons. The zero-order chi connectivity index (χ0) is 17.7. The first-order valence-corrected chi connectivity index (χ1v) is 10.2. The fourth-order valence-corrected chi connectivity index (χ4v) is 4.20. The minimum Gasteiger partial charge on any atom is -0.212 e. The van der Waals surface area contributed by atoms with Crippen LogP contribution in [0, 0.1) is 5.92 Å². The molecule has 6 heteroatoms. The SMILES string of the molecule is CC(C)C[C@H](NS(=O)(=O)Cc1ccc(Cl)c(Cl)c1)c1ccccc1. The van der Waals surface area contributed by atoms with Gasteiger partial charge >= 0.3 is 0 Å². The van der Waals surface area contributed by atoms with Crippen LogP contribution in [-0.4, -0.2) is 8.42 Å². The van der Waals surface area contributed by atoms with E-state index in [4.69, 9.17) is 23.2 Å². The van der Waals surface area contributed by atoms with Crippen molar-refractivity contribution < 1.29 is 8.42 Å². The van der Waals surface area contributed by atoms with Crippen molar-refractivity contribution in [2.24, 2.45) is 5.92 Å². The molecule has 2 aromatic rings. The molecule has 0 aliphatic rings. The molecular weight excluding hydrogens is 365 g/mol. The average molecular weight is 386 g/mol. The van der Waals surface area contributed by atoms with Gasteiger partial charge in [0, 0.05) is 6.04 Å². The van der Waals surface area contributed by atoms with Gasteiger partial charge in [0.25, 0.3) is 0 Å². The summed E-state index contributed by atoms with van der Waals surface area (Å²) in [4.78, 5) is 0. The van der Waals surface area contributed by atoms with Gasteiger partial charge in [-0.2, -0.15) is 0 Å². The van der Waals surface area contributed by atoms with Gasteiger partial charge in [0.1, 0.15) is 0 Å². The summed E-state index contributed by atoms with van der Waals surface area (Å²) < 4.78 is 28.0. The fourth-order valence-electron chi connectivity index (χ4n) is 2.52. The Kier molecular flexibility index (Phi) is 6.70. The van der Waals surface area contributed by atoms with E-state index in [1.165, 1.54) is 0 Å². The van der Waals surface area contributed by atoms with E-state index in [1.807, 2.05) is 30.3 Å². The Morgan fingerprint density at radius 3 is 2.25 bits per heavy atom. The quantitative estimate of drug-likeness (QED) is 0.711. The third-order valence-corrected chi connectivity index (χ3v) is 5.67. The van der Waals surface area contributed by atoms with Gasteiger partial charge < -0.3 is 0 Å². The second-order valence-electron chi connectivity index (χ2n) is 6.22. The Balaban J connectivity index is 2.18. The maximum absolute atomic E-state index is 12.6. The summed E-state index contributed by atoms with van der Waals surface area (Å²) in [5.41, 5.74) is 1.57. The highest BCUT2D eigenvalue weighted by Gasteiger charge is 2.21. The largest absolute Gasteiger partial charge is 0.216 e. The molecular formula is C18H21Cl2NO2S. The van der Waals surface area contributed by atoms with Crippen LogP contribution in [0.5, 0.6) is 0 Å². The van der Waals surface area contributed by atoms with Crippen LogP contribution < -0.4 is 4.72 Å². The molecule has 1 N–H and O–H groups in total. The zero-order valence-corrected chi connectivity index (χ0v) is 16.0. The predicted molar refractivity (Wildman–Crippen MR) is 101 cm³/mol. The van der Waals surface area contributed by atoms with E-state index >= 15 is 0 Å². The van der Waals surface area contributed by atoms with E-state index in [0.717, 1.165) is 12.0 Å². The monoisotopic (exact) mass is 385 g/mol. The normalized spacial score (nSPS) is 13.2. The van der Waals surface area contributed by atoms with Crippen LogP contribution in [0.25, 0.3) is 0 Å². The summed E-state index contributed by atoms with van der Waals surface area (Å²) in [7, 11) is -3.51. The Hall–Kier alpha value is -1.07. The molecule has 0 aliphatic carbocycles. The van der Waals surface area contributed by atoms with E-state index in [9.17, 15) is 8.42 Å². The van der Waals surface area contributed by atoms with Crippen molar-refractivity contribution in [2.45, 2.75) is 32.1 Å². The van der Waals surface area contributed by atoms with Crippen LogP contribution in [0.15, 0.2) is 48.5 Å². The fraction of sp³-hybridized carbons (Fsp3) is 0.333. The van der Waals surface area contributed by atoms with Crippen LogP contribution in [-0.2, 0) is 15.8 Å². The lowest BCUT2D eigenvalue weighted by Crippen LogP contribution is -2.30. The third kappa shape index (κ3) is 5.78. The van der Waals surface area contributed by atoms with Crippen LogP contribution in [0.4, 0.5) is 0 Å². The molecule has 24 heavy (non-hydrogen) atoms. The Bertz CT molecular complexity index is 777. The molecule has 0 bridgehead atoms. The van der Waals surface area contributed by atoms with E-state index < -0.39 is 10.0 Å². The predicted octanol–water partition coefficient (Wildman–Crippen LogP) is 5.20. The summed E-state index contributed by atoms with van der Waals surface area (Å²) in [6, 6.07) is 14.2. The van der Waals surface area contributed by atoms with Crippen molar-refractivity contribution in [3.63, 3.8) is 0 Å². The van der Waals surface area contributed by atoms with Gasteiger partial charge in [0.05, 0.1) is 15.8 Å². The van der Waals surface area contributed by atoms with Crippen molar-refractivity contribution in [1.82, 2.24) is 4.72 Å². The molecule has 0 fully saturated rings. The Morgan fingerprint density at radius 2 is 1.67 bits per heavy atom. The lowest BCUT2D eigenvalue weighted by atomic mass is 9.98. The Morgan fingerprint density at radius 1 is 1.00 bits per heavy atom. The molecule has 0 saturated heterocycles. The van der Waals surface area contributed by atoms with Gasteiger partial charge in [-0.05, 0) is 35.6 Å². The molecule has 0 spiro atoms. The third-order valence-electron chi connectivity index (χ3n) is 3.57. The molecule has 0 aliphatic heterocycles. The molecule has 2 rings (SSSR count). The van der Waals surface area contributed by atoms with Crippen LogP contribution in [0.2, 0.25) is 10.0 Å². The molecule has 3 nitrogen and oxygen atoms in total. The molecule has 0 amide bonds. The number of hydrogen-bond donors (Lipinski definition) is 1. The van der Waals surface area contributed by atoms with Gasteiger partial charge in [0.2, 0.25) is 10.0 Å². The number of benzene rings is 2. The average Bonchev–Trinajstić information content (AvgIpc) is 2.50. The number of rotatable bonds is 7. The van der Waals surface area contributed by atoms with Crippen LogP contribution in [0.3, 0.4) is 0 Å². The van der Waals surface area contributed by atoms with Crippen LogP contribution in [0.1, 0.15) is 37.4 Å². The van der Waals surface area contributed by atoms with E-state index in [-0.39, 0.29) is 11.8 Å². The molecule has 0 heterocycles. The smallest absolute Gasteiger partial charge is 0.212 e. The Labute approximate surface area is 154 Å². The van der Waals surface area contributed by atoms with Gasteiger partial charge in [-0.1, -0.05) is 73.4 Å². The first-order valence-electron chi connectivity index (χ1n) is 7.75. The first-order chi connectivity index (χ1) is 11.3. The second-order valence-corrected chi connectivity index (χ2v) is 8.79. The molecule has 0 saturated carbocycles. The molecule has 2 aromatic carbocycles. The molecule has 0 radical (unpaired) electrons. The number of sulfonamides is 1. The number of nitrogens with one attached hydrogen (secondary N) is 1. The maximum Gasteiger partial charge on any atom is 0.216 e. The lowest BCUT2D eigenvalue weighted by Gasteiger charge is -2.21. The minimum absolute atomic E-state index is 0.134. The standard InChI is InChI=1S/C18H21Cl2NO2S/c1-13(2)10-18(15-6-4-3-5-7-15)21-24(22,23)12-14-8-9-16(19)17(20)11-14/h3-9,11,13,18,21H,10,12H2,1-2H3/t18-/m0/s1.